The molecule has 3 rings (SSSR count). The minimum atomic E-state index is -3.73. The van der Waals surface area contributed by atoms with Crippen LogP contribution in [0.25, 0.3) is 0 Å². The highest BCUT2D eigenvalue weighted by Crippen LogP contribution is 2.29. The smallest absolute Gasteiger partial charge is 0.387 e. The van der Waals surface area contributed by atoms with Gasteiger partial charge in [-0.25, -0.2) is 8.42 Å². The second-order valence-corrected chi connectivity index (χ2v) is 8.97. The number of halogens is 2. The first-order valence-corrected chi connectivity index (χ1v) is 10.6. The number of carbonyl (C=O) groups excluding carboxylic acids is 1. The van der Waals surface area contributed by atoms with E-state index in [1.54, 1.807) is 29.6 Å². The van der Waals surface area contributed by atoms with Crippen molar-refractivity contribution in [3.63, 3.8) is 0 Å². The van der Waals surface area contributed by atoms with Crippen molar-refractivity contribution in [1.82, 2.24) is 9.62 Å². The van der Waals surface area contributed by atoms with Gasteiger partial charge in [-0.3, -0.25) is 4.79 Å². The van der Waals surface area contributed by atoms with Gasteiger partial charge in [0.05, 0.1) is 0 Å². The van der Waals surface area contributed by atoms with Crippen LogP contribution >= 0.6 is 11.3 Å². The van der Waals surface area contributed by atoms with Gasteiger partial charge in [-0.05, 0) is 30.4 Å². The Hall–Kier alpha value is -2.04. The lowest BCUT2D eigenvalue weighted by molar-refractivity contribution is -0.124. The van der Waals surface area contributed by atoms with Crippen LogP contribution < -0.4 is 10.1 Å². The number of benzene rings is 1. The van der Waals surface area contributed by atoms with Crippen LogP contribution in [0.5, 0.6) is 5.75 Å². The van der Waals surface area contributed by atoms with Crippen LogP contribution in [0, 0.1) is 0 Å². The monoisotopic (exact) mass is 416 g/mol. The van der Waals surface area contributed by atoms with Gasteiger partial charge < -0.3 is 10.1 Å². The number of nitrogens with one attached hydrogen (secondary N) is 1. The van der Waals surface area contributed by atoms with E-state index in [2.05, 4.69) is 10.1 Å². The molecule has 1 fully saturated rings. The minimum absolute atomic E-state index is 0.0257. The number of rotatable bonds is 7. The third kappa shape index (κ3) is 4.45. The first-order chi connectivity index (χ1) is 12.9. The zero-order valence-electron chi connectivity index (χ0n) is 14.2. The molecule has 10 heteroatoms. The van der Waals surface area contributed by atoms with Crippen LogP contribution in [0.1, 0.15) is 18.4 Å². The zero-order chi connectivity index (χ0) is 19.4. The number of para-hydroxylation sites is 1. The number of sulfonamides is 1. The fraction of sp³-hybridized carbons (Fsp3) is 0.353. The number of amides is 1. The van der Waals surface area contributed by atoms with Crippen molar-refractivity contribution in [2.45, 2.75) is 36.2 Å². The van der Waals surface area contributed by atoms with E-state index >= 15 is 0 Å². The van der Waals surface area contributed by atoms with E-state index in [0.717, 1.165) is 11.3 Å². The summed E-state index contributed by atoms with van der Waals surface area (Å²) in [7, 11) is -3.73. The SMILES string of the molecule is O=C(NCc1ccccc1OC(F)F)C1CCCN1S(=O)(=O)c1cccs1. The lowest BCUT2D eigenvalue weighted by atomic mass is 10.2. The average molecular weight is 416 g/mol. The van der Waals surface area contributed by atoms with E-state index in [0.29, 0.717) is 18.4 Å². The fourth-order valence-electron chi connectivity index (χ4n) is 2.98. The molecule has 1 aliphatic heterocycles. The third-order valence-corrected chi connectivity index (χ3v) is 7.49. The van der Waals surface area contributed by atoms with Crippen molar-refractivity contribution in [3.8, 4) is 5.75 Å². The second kappa shape index (κ2) is 8.32. The van der Waals surface area contributed by atoms with E-state index in [1.165, 1.54) is 16.4 Å². The van der Waals surface area contributed by atoms with Gasteiger partial charge in [-0.1, -0.05) is 24.3 Å². The number of nitrogens with zero attached hydrogens (tertiary/aromatic N) is 1. The van der Waals surface area contributed by atoms with E-state index in [-0.39, 0.29) is 23.0 Å². The number of hydrogen-bond donors (Lipinski definition) is 1. The molecule has 146 valence electrons. The van der Waals surface area contributed by atoms with Gasteiger partial charge in [-0.2, -0.15) is 13.1 Å². The summed E-state index contributed by atoms with van der Waals surface area (Å²) in [5.41, 5.74) is 0.386. The van der Waals surface area contributed by atoms with E-state index < -0.39 is 28.6 Å². The molecule has 1 atom stereocenters. The normalized spacial score (nSPS) is 18.0. The van der Waals surface area contributed by atoms with Crippen molar-refractivity contribution in [2.75, 3.05) is 6.54 Å². The van der Waals surface area contributed by atoms with E-state index in [9.17, 15) is 22.0 Å². The lowest BCUT2D eigenvalue weighted by Crippen LogP contribution is -2.45. The maximum atomic E-state index is 12.7. The highest BCUT2D eigenvalue weighted by Gasteiger charge is 2.39. The molecule has 2 aromatic rings. The quantitative estimate of drug-likeness (QED) is 0.753. The molecule has 1 aliphatic rings. The summed E-state index contributed by atoms with van der Waals surface area (Å²) in [5.74, 6) is -0.484. The molecule has 1 unspecified atom stereocenters. The van der Waals surface area contributed by atoms with Crippen molar-refractivity contribution in [3.05, 3.63) is 47.3 Å². The number of alkyl halides is 2. The highest BCUT2D eigenvalue weighted by molar-refractivity contribution is 7.91. The number of hydrogen-bond acceptors (Lipinski definition) is 5. The van der Waals surface area contributed by atoms with Crippen LogP contribution in [0.4, 0.5) is 8.78 Å². The van der Waals surface area contributed by atoms with Gasteiger partial charge in [0.15, 0.2) is 0 Å². The third-order valence-electron chi connectivity index (χ3n) is 4.21. The standard InChI is InChI=1S/C17H18F2N2O4S2/c18-17(19)25-14-7-2-1-5-12(14)11-20-16(22)13-6-3-9-21(13)27(23,24)15-8-4-10-26-15/h1-2,4-5,7-8,10,13,17H,3,6,9,11H2,(H,20,22). The Kier molecular flexibility index (Phi) is 6.08. The van der Waals surface area contributed by atoms with Gasteiger partial charge in [0.2, 0.25) is 5.91 Å². The summed E-state index contributed by atoms with van der Waals surface area (Å²) in [5, 5.41) is 4.30. The summed E-state index contributed by atoms with van der Waals surface area (Å²) in [6.07, 6.45) is 0.986. The summed E-state index contributed by atoms with van der Waals surface area (Å²) in [4.78, 5) is 12.6. The Balaban J connectivity index is 1.70. The Morgan fingerprint density at radius 2 is 2.07 bits per heavy atom. The Bertz CT molecular complexity index is 888. The molecule has 6 nitrogen and oxygen atoms in total. The van der Waals surface area contributed by atoms with E-state index in [4.69, 9.17) is 0 Å². The van der Waals surface area contributed by atoms with Gasteiger partial charge in [0, 0.05) is 18.7 Å². The predicted molar refractivity (Wildman–Crippen MR) is 96.2 cm³/mol. The molecule has 0 bridgehead atoms. The number of carbonyl (C=O) groups is 1. The Morgan fingerprint density at radius 1 is 1.30 bits per heavy atom. The molecule has 27 heavy (non-hydrogen) atoms. The maximum absolute atomic E-state index is 12.7. The predicted octanol–water partition coefficient (Wildman–Crippen LogP) is 2.82. The Labute approximate surface area is 159 Å². The summed E-state index contributed by atoms with van der Waals surface area (Å²) >= 11 is 1.10. The molecular formula is C17H18F2N2O4S2. The second-order valence-electron chi connectivity index (χ2n) is 5.91. The van der Waals surface area contributed by atoms with Crippen molar-refractivity contribution in [1.29, 1.82) is 0 Å². The summed E-state index contributed by atoms with van der Waals surface area (Å²) in [6, 6.07) is 8.47. The number of thiophene rings is 1. The molecule has 1 saturated heterocycles. The highest BCUT2D eigenvalue weighted by atomic mass is 32.2. The van der Waals surface area contributed by atoms with Gasteiger partial charge in [0.1, 0.15) is 16.0 Å². The van der Waals surface area contributed by atoms with Crippen LogP contribution in [0.2, 0.25) is 0 Å². The largest absolute Gasteiger partial charge is 0.434 e. The molecule has 0 saturated carbocycles. The van der Waals surface area contributed by atoms with Crippen LogP contribution in [-0.2, 0) is 21.4 Å². The number of ether oxygens (including phenoxy) is 1. The average Bonchev–Trinajstić information content (AvgIpc) is 3.32. The first-order valence-electron chi connectivity index (χ1n) is 8.25. The molecule has 0 spiro atoms. The molecule has 1 aromatic carbocycles. The molecule has 0 aliphatic carbocycles. The molecule has 1 N–H and O–H groups in total. The van der Waals surface area contributed by atoms with E-state index in [1.807, 2.05) is 0 Å². The van der Waals surface area contributed by atoms with Crippen LogP contribution in [0.15, 0.2) is 46.0 Å². The van der Waals surface area contributed by atoms with Crippen molar-refractivity contribution < 1.29 is 26.7 Å². The Morgan fingerprint density at radius 3 is 2.78 bits per heavy atom. The van der Waals surface area contributed by atoms with Crippen LogP contribution in [0.3, 0.4) is 0 Å². The topological polar surface area (TPSA) is 75.7 Å². The summed E-state index contributed by atoms with van der Waals surface area (Å²) in [6.45, 7) is -2.74. The molecule has 0 radical (unpaired) electrons. The van der Waals surface area contributed by atoms with Gasteiger partial charge in [0.25, 0.3) is 10.0 Å². The molecule has 2 heterocycles. The summed E-state index contributed by atoms with van der Waals surface area (Å²) < 4.78 is 56.2. The first kappa shape index (κ1) is 19.7. The van der Waals surface area contributed by atoms with Crippen LogP contribution in [-0.4, -0.2) is 37.8 Å². The lowest BCUT2D eigenvalue weighted by Gasteiger charge is -2.23. The van der Waals surface area contributed by atoms with Crippen molar-refractivity contribution >= 4 is 27.3 Å². The van der Waals surface area contributed by atoms with Crippen molar-refractivity contribution in [2.24, 2.45) is 0 Å². The molecular weight excluding hydrogens is 398 g/mol. The van der Waals surface area contributed by atoms with Gasteiger partial charge in [-0.15, -0.1) is 11.3 Å². The maximum Gasteiger partial charge on any atom is 0.387 e. The van der Waals surface area contributed by atoms with Gasteiger partial charge >= 0.3 is 6.61 Å². The zero-order valence-corrected chi connectivity index (χ0v) is 15.8. The molecule has 1 amide bonds. The fourth-order valence-corrected chi connectivity index (χ4v) is 5.75. The minimum Gasteiger partial charge on any atom is -0.434 e. The molecule has 1 aromatic heterocycles.